The van der Waals surface area contributed by atoms with E-state index in [-0.39, 0.29) is 0 Å². The summed E-state index contributed by atoms with van der Waals surface area (Å²) in [6, 6.07) is 3.90. The highest BCUT2D eigenvalue weighted by Crippen LogP contribution is 2.28. The van der Waals surface area contributed by atoms with Gasteiger partial charge in [-0.05, 0) is 33.6 Å². The molecule has 0 saturated carbocycles. The van der Waals surface area contributed by atoms with E-state index in [9.17, 15) is 0 Å². The summed E-state index contributed by atoms with van der Waals surface area (Å²) in [5.74, 6) is 0. The summed E-state index contributed by atoms with van der Waals surface area (Å²) in [6.07, 6.45) is 9.22. The van der Waals surface area contributed by atoms with Gasteiger partial charge in [0.05, 0.1) is 0 Å². The molecule has 0 aromatic carbocycles. The van der Waals surface area contributed by atoms with Gasteiger partial charge in [0.15, 0.2) is 3.91 Å². The molecule has 0 amide bonds. The second-order valence-corrected chi connectivity index (χ2v) is 5.25. The van der Waals surface area contributed by atoms with Crippen LogP contribution in [0.5, 0.6) is 0 Å². The van der Waals surface area contributed by atoms with E-state index < -0.39 is 3.91 Å². The van der Waals surface area contributed by atoms with Gasteiger partial charge in [0.1, 0.15) is 0 Å². The Balaban J connectivity index is 2.25. The van der Waals surface area contributed by atoms with Crippen LogP contribution in [0.15, 0.2) is 42.9 Å². The molecule has 2 heterocycles. The zero-order valence-electron chi connectivity index (χ0n) is 7.24. The average molecular weight is 272 g/mol. The van der Waals surface area contributed by atoms with Crippen LogP contribution >= 0.6 is 27.5 Å². The van der Waals surface area contributed by atoms with E-state index in [4.69, 9.17) is 11.6 Å². The van der Waals surface area contributed by atoms with Crippen molar-refractivity contribution in [2.24, 2.45) is 0 Å². The van der Waals surface area contributed by atoms with Crippen molar-refractivity contribution in [3.05, 3.63) is 48.4 Å². The first-order valence-electron chi connectivity index (χ1n) is 4.13. The van der Waals surface area contributed by atoms with Gasteiger partial charge in [-0.3, -0.25) is 4.98 Å². The number of aromatic nitrogens is 1. The molecule has 14 heavy (non-hydrogen) atoms. The van der Waals surface area contributed by atoms with Crippen LogP contribution in [0.1, 0.15) is 5.56 Å². The van der Waals surface area contributed by atoms with Gasteiger partial charge in [-0.25, -0.2) is 0 Å². The van der Waals surface area contributed by atoms with Crippen LogP contribution in [-0.2, 0) is 0 Å². The maximum absolute atomic E-state index is 5.98. The first-order valence-corrected chi connectivity index (χ1v) is 5.30. The standard InChI is InChI=1S/C10H8BrClN2/c11-10(12)4-3-9(7-14-10)8-2-1-5-13-6-8/h1-7,14H. The number of hydrogen-bond donors (Lipinski definition) is 1. The highest BCUT2D eigenvalue weighted by Gasteiger charge is 2.20. The SMILES string of the molecule is ClC1(Br)C=CC(c2cccnc2)=CN1. The molecular weight excluding hydrogens is 263 g/mol. The zero-order valence-corrected chi connectivity index (χ0v) is 9.59. The number of alkyl halides is 2. The van der Waals surface area contributed by atoms with Crippen LogP contribution in [0.2, 0.25) is 0 Å². The lowest BCUT2D eigenvalue weighted by Crippen LogP contribution is -2.28. The third-order valence-electron chi connectivity index (χ3n) is 1.89. The second kappa shape index (κ2) is 3.75. The summed E-state index contributed by atoms with van der Waals surface area (Å²) in [5, 5.41) is 3.01. The second-order valence-electron chi connectivity index (χ2n) is 2.94. The summed E-state index contributed by atoms with van der Waals surface area (Å²) in [7, 11) is 0. The minimum Gasteiger partial charge on any atom is -0.360 e. The molecule has 1 atom stereocenters. The van der Waals surface area contributed by atoms with E-state index in [0.29, 0.717) is 0 Å². The summed E-state index contributed by atoms with van der Waals surface area (Å²) in [6.45, 7) is 0. The van der Waals surface area contributed by atoms with E-state index in [2.05, 4.69) is 26.2 Å². The molecule has 0 bridgehead atoms. The lowest BCUT2D eigenvalue weighted by Gasteiger charge is -2.20. The number of halogens is 2. The molecule has 1 aromatic rings. The van der Waals surface area contributed by atoms with Gasteiger partial charge in [0.25, 0.3) is 0 Å². The zero-order chi connectivity index (χ0) is 10.0. The number of rotatable bonds is 1. The Morgan fingerprint density at radius 1 is 1.50 bits per heavy atom. The molecule has 1 aliphatic heterocycles. The van der Waals surface area contributed by atoms with Crippen LogP contribution in [0.4, 0.5) is 0 Å². The van der Waals surface area contributed by atoms with Gasteiger partial charge in [-0.2, -0.15) is 0 Å². The fourth-order valence-corrected chi connectivity index (χ4v) is 1.54. The number of dihydropyridines is 1. The molecule has 4 heteroatoms. The van der Waals surface area contributed by atoms with Crippen molar-refractivity contribution in [3.8, 4) is 0 Å². The smallest absolute Gasteiger partial charge is 0.187 e. The largest absolute Gasteiger partial charge is 0.360 e. The van der Waals surface area contributed by atoms with Crippen molar-refractivity contribution < 1.29 is 0 Å². The molecular formula is C10H8BrClN2. The summed E-state index contributed by atoms with van der Waals surface area (Å²) < 4.78 is -0.654. The van der Waals surface area contributed by atoms with Crippen molar-refractivity contribution in [2.75, 3.05) is 0 Å². The molecule has 0 fully saturated rings. The van der Waals surface area contributed by atoms with E-state index in [1.54, 1.807) is 6.20 Å². The number of nitrogens with zero attached hydrogens (tertiary/aromatic N) is 1. The summed E-state index contributed by atoms with van der Waals surface area (Å²) in [5.41, 5.74) is 2.13. The molecule has 2 rings (SSSR count). The molecule has 0 radical (unpaired) electrons. The van der Waals surface area contributed by atoms with Gasteiger partial charge in [-0.1, -0.05) is 23.7 Å². The van der Waals surface area contributed by atoms with Gasteiger partial charge in [0.2, 0.25) is 0 Å². The first-order chi connectivity index (χ1) is 6.67. The van der Waals surface area contributed by atoms with Crippen LogP contribution in [0.25, 0.3) is 5.57 Å². The van der Waals surface area contributed by atoms with Crippen molar-refractivity contribution in [1.82, 2.24) is 10.3 Å². The number of hydrogen-bond acceptors (Lipinski definition) is 2. The summed E-state index contributed by atoms with van der Waals surface area (Å²) in [4.78, 5) is 4.05. The third kappa shape index (κ3) is 2.16. The number of allylic oxidation sites excluding steroid dienone is 2. The van der Waals surface area contributed by atoms with Crippen LogP contribution < -0.4 is 5.32 Å². The molecule has 1 unspecified atom stereocenters. The predicted molar refractivity (Wildman–Crippen MR) is 62.0 cm³/mol. The normalized spacial score (nSPS) is 25.4. The van der Waals surface area contributed by atoms with Crippen molar-refractivity contribution in [1.29, 1.82) is 0 Å². The van der Waals surface area contributed by atoms with E-state index in [1.807, 2.05) is 36.7 Å². The van der Waals surface area contributed by atoms with Crippen LogP contribution in [0.3, 0.4) is 0 Å². The monoisotopic (exact) mass is 270 g/mol. The van der Waals surface area contributed by atoms with Crippen molar-refractivity contribution >= 4 is 33.1 Å². The van der Waals surface area contributed by atoms with Gasteiger partial charge in [-0.15, -0.1) is 0 Å². The number of nitrogens with one attached hydrogen (secondary N) is 1. The van der Waals surface area contributed by atoms with Gasteiger partial charge >= 0.3 is 0 Å². The highest BCUT2D eigenvalue weighted by atomic mass is 79.9. The number of pyridine rings is 1. The fourth-order valence-electron chi connectivity index (χ4n) is 1.18. The molecule has 1 aliphatic rings. The topological polar surface area (TPSA) is 24.9 Å². The first kappa shape index (κ1) is 9.74. The molecule has 1 aromatic heterocycles. The third-order valence-corrected chi connectivity index (χ3v) is 2.62. The Morgan fingerprint density at radius 3 is 2.93 bits per heavy atom. The van der Waals surface area contributed by atoms with Gasteiger partial charge in [0, 0.05) is 24.2 Å². The minimum absolute atomic E-state index is 0.654. The Kier molecular flexibility index (Phi) is 2.61. The van der Waals surface area contributed by atoms with E-state index in [0.717, 1.165) is 11.1 Å². The lowest BCUT2D eigenvalue weighted by atomic mass is 10.1. The molecule has 0 saturated heterocycles. The quantitative estimate of drug-likeness (QED) is 0.627. The Bertz CT molecular complexity index is 384. The fraction of sp³-hybridized carbons (Fsp3) is 0.100. The Hall–Kier alpha value is -0.800. The van der Waals surface area contributed by atoms with Crippen LogP contribution in [0, 0.1) is 0 Å². The molecule has 0 spiro atoms. The van der Waals surface area contributed by atoms with Crippen molar-refractivity contribution in [2.45, 2.75) is 3.91 Å². The van der Waals surface area contributed by atoms with Crippen LogP contribution in [-0.4, -0.2) is 8.89 Å². The highest BCUT2D eigenvalue weighted by molar-refractivity contribution is 9.10. The summed E-state index contributed by atoms with van der Waals surface area (Å²) >= 11 is 9.28. The molecule has 0 aliphatic carbocycles. The molecule has 72 valence electrons. The lowest BCUT2D eigenvalue weighted by molar-refractivity contribution is 0.863. The van der Waals surface area contributed by atoms with Crippen molar-refractivity contribution in [3.63, 3.8) is 0 Å². The predicted octanol–water partition coefficient (Wildman–Crippen LogP) is 2.87. The van der Waals surface area contributed by atoms with E-state index >= 15 is 0 Å². The minimum atomic E-state index is -0.654. The molecule has 1 N–H and O–H groups in total. The maximum Gasteiger partial charge on any atom is 0.187 e. The van der Waals surface area contributed by atoms with Gasteiger partial charge < -0.3 is 5.32 Å². The molecule has 2 nitrogen and oxygen atoms in total. The Morgan fingerprint density at radius 2 is 2.36 bits per heavy atom. The Labute approximate surface area is 95.8 Å². The van der Waals surface area contributed by atoms with E-state index in [1.165, 1.54) is 0 Å². The average Bonchev–Trinajstić information content (AvgIpc) is 2.19. The maximum atomic E-state index is 5.98.